The second kappa shape index (κ2) is 26.5. The van der Waals surface area contributed by atoms with Crippen molar-refractivity contribution in [3.8, 4) is 0 Å². The standard InChI is InChI=1S/C20H38O7S.C4H9O2P.Na/c1-5-9-11-16(7-3)14-26-19(21)13-18(28(23,24)25)20(22)27-15-17(8-4)12-10-6-2;1-2-3-4-6-7-5;/h16-18H,5-15H2,1-4H3,(H,23,24,25);2-4H2,1H3;/q;;+1/p-1. The molecule has 0 bridgehead atoms. The minimum Gasteiger partial charge on any atom is -0.747 e. The van der Waals surface area contributed by atoms with E-state index >= 15 is 0 Å². The quantitative estimate of drug-likeness (QED) is 0.0719. The van der Waals surface area contributed by atoms with Gasteiger partial charge in [-0.25, -0.2) is 13.0 Å². The Hall–Kier alpha value is -0.0900. The maximum absolute atomic E-state index is 12.1. The van der Waals surface area contributed by atoms with Gasteiger partial charge in [0.2, 0.25) is 0 Å². The molecule has 0 aliphatic rings. The van der Waals surface area contributed by atoms with Crippen molar-refractivity contribution >= 4 is 30.7 Å². The summed E-state index contributed by atoms with van der Waals surface area (Å²) in [7, 11) is -5.21. The fourth-order valence-electron chi connectivity index (χ4n) is 3.06. The molecule has 0 N–H and O–H groups in total. The fraction of sp³-hybridized carbons (Fsp3) is 0.917. The first-order valence-electron chi connectivity index (χ1n) is 12.8. The molecule has 36 heavy (non-hydrogen) atoms. The second-order valence-corrected chi connectivity index (χ2v) is 10.6. The van der Waals surface area contributed by atoms with E-state index in [0.29, 0.717) is 6.61 Å². The Morgan fingerprint density at radius 1 is 0.833 bits per heavy atom. The summed E-state index contributed by atoms with van der Waals surface area (Å²) in [6.45, 7) is 10.9. The van der Waals surface area contributed by atoms with Crippen molar-refractivity contribution in [2.75, 3.05) is 19.8 Å². The summed E-state index contributed by atoms with van der Waals surface area (Å²) in [4.78, 5) is 24.1. The summed E-state index contributed by atoms with van der Waals surface area (Å²) in [5.74, 6) is -1.74. The van der Waals surface area contributed by atoms with Crippen LogP contribution in [0, 0.1) is 11.8 Å². The topological polar surface area (TPSA) is 136 Å². The number of hydrogen-bond donors (Lipinski definition) is 0. The van der Waals surface area contributed by atoms with Crippen molar-refractivity contribution in [2.45, 2.75) is 110 Å². The number of carbonyl (C=O) groups excluding carboxylic acids is 2. The van der Waals surface area contributed by atoms with Crippen LogP contribution >= 0.6 is 8.69 Å². The van der Waals surface area contributed by atoms with Gasteiger partial charge < -0.3 is 14.0 Å². The van der Waals surface area contributed by atoms with Gasteiger partial charge in [-0.3, -0.25) is 14.1 Å². The van der Waals surface area contributed by atoms with Crippen LogP contribution in [-0.4, -0.2) is 50.0 Å². The molecule has 9 nitrogen and oxygen atoms in total. The molecule has 0 aromatic carbocycles. The van der Waals surface area contributed by atoms with Gasteiger partial charge in [-0.2, -0.15) is 0 Å². The largest absolute Gasteiger partial charge is 1.00 e. The molecule has 208 valence electrons. The van der Waals surface area contributed by atoms with Crippen molar-refractivity contribution in [2.24, 2.45) is 11.8 Å². The van der Waals surface area contributed by atoms with Crippen molar-refractivity contribution < 1.29 is 70.7 Å². The molecular weight excluding hydrogens is 518 g/mol. The zero-order valence-electron chi connectivity index (χ0n) is 23.2. The number of carbonyl (C=O) groups is 2. The first-order valence-corrected chi connectivity index (χ1v) is 15.0. The van der Waals surface area contributed by atoms with E-state index in [1.54, 1.807) is 0 Å². The molecule has 0 aliphatic heterocycles. The van der Waals surface area contributed by atoms with Crippen LogP contribution in [0.3, 0.4) is 0 Å². The molecule has 0 fully saturated rings. The van der Waals surface area contributed by atoms with E-state index in [-0.39, 0.29) is 63.3 Å². The van der Waals surface area contributed by atoms with E-state index in [9.17, 15) is 27.1 Å². The molecule has 12 heteroatoms. The van der Waals surface area contributed by atoms with Crippen LogP contribution in [-0.2, 0) is 38.3 Å². The number of ether oxygens (including phenoxy) is 2. The third-order valence-electron chi connectivity index (χ3n) is 5.63. The summed E-state index contributed by atoms with van der Waals surface area (Å²) in [6.07, 6.45) is 8.67. The Morgan fingerprint density at radius 3 is 1.69 bits per heavy atom. The Morgan fingerprint density at radius 2 is 1.31 bits per heavy atom. The molecule has 0 saturated heterocycles. The van der Waals surface area contributed by atoms with Gasteiger partial charge in [0.1, 0.15) is 10.1 Å². The van der Waals surface area contributed by atoms with Crippen LogP contribution in [0.4, 0.5) is 0 Å². The molecule has 3 unspecified atom stereocenters. The maximum Gasteiger partial charge on any atom is 1.00 e. The van der Waals surface area contributed by atoms with Gasteiger partial charge in [0.15, 0.2) is 5.25 Å². The molecule has 0 rings (SSSR count). The fourth-order valence-corrected chi connectivity index (χ4v) is 3.91. The number of rotatable bonds is 20. The molecule has 3 atom stereocenters. The van der Waals surface area contributed by atoms with E-state index in [2.05, 4.69) is 25.3 Å². The summed E-state index contributed by atoms with van der Waals surface area (Å²) in [5, 5.41) is -2.06. The van der Waals surface area contributed by atoms with E-state index in [4.69, 9.17) is 9.47 Å². The van der Waals surface area contributed by atoms with Gasteiger partial charge in [0, 0.05) is 0 Å². The molecule has 0 radical (unpaired) electrons. The minimum absolute atomic E-state index is 0. The molecule has 0 amide bonds. The van der Waals surface area contributed by atoms with Crippen molar-refractivity contribution in [3.63, 3.8) is 0 Å². The maximum atomic E-state index is 12.1. The monoisotopic (exact) mass is 564 g/mol. The minimum atomic E-state index is -5.01. The number of hydrogen-bond acceptors (Lipinski definition) is 9. The van der Waals surface area contributed by atoms with Gasteiger partial charge in [-0.05, 0) is 31.1 Å². The molecule has 0 aromatic rings. The van der Waals surface area contributed by atoms with E-state index in [0.717, 1.165) is 64.2 Å². The van der Waals surface area contributed by atoms with Crippen LogP contribution in [0.15, 0.2) is 0 Å². The van der Waals surface area contributed by atoms with Gasteiger partial charge in [0.25, 0.3) is 0 Å². The second-order valence-electron chi connectivity index (χ2n) is 8.59. The van der Waals surface area contributed by atoms with E-state index in [1.807, 2.05) is 13.8 Å². The van der Waals surface area contributed by atoms with Crippen molar-refractivity contribution in [3.05, 3.63) is 0 Å². The summed E-state index contributed by atoms with van der Waals surface area (Å²) in [5.41, 5.74) is 0. The predicted octanol–water partition coefficient (Wildman–Crippen LogP) is 2.82. The van der Waals surface area contributed by atoms with Gasteiger partial charge in [-0.1, -0.05) is 79.6 Å². The molecule has 0 aromatic heterocycles. The van der Waals surface area contributed by atoms with E-state index < -0.39 is 33.7 Å². The van der Waals surface area contributed by atoms with Crippen LogP contribution in [0.5, 0.6) is 0 Å². The zero-order chi connectivity index (χ0) is 27.1. The van der Waals surface area contributed by atoms with Gasteiger partial charge in [0.05, 0.1) is 26.2 Å². The Labute approximate surface area is 242 Å². The molecule has 0 aliphatic carbocycles. The average Bonchev–Trinajstić information content (AvgIpc) is 2.82. The average molecular weight is 565 g/mol. The summed E-state index contributed by atoms with van der Waals surface area (Å²) < 4.78 is 58.6. The van der Waals surface area contributed by atoms with Crippen LogP contribution in [0.25, 0.3) is 0 Å². The predicted molar refractivity (Wildman–Crippen MR) is 135 cm³/mol. The SMILES string of the molecule is CCCCC(CC)COC(=O)CC(C(=O)OCC(CC)CCCC)S(=O)(=O)[O-].CCCCOP=O.[Na+]. The van der Waals surface area contributed by atoms with Crippen LogP contribution in [0.1, 0.15) is 105 Å². The Kier molecular flexibility index (Phi) is 29.8. The first-order chi connectivity index (χ1) is 16.6. The van der Waals surface area contributed by atoms with Gasteiger partial charge >= 0.3 is 50.2 Å². The zero-order valence-corrected chi connectivity index (χ0v) is 26.9. The molecule has 0 saturated carbocycles. The molecule has 0 heterocycles. The number of unbranched alkanes of at least 4 members (excludes halogenated alkanes) is 3. The summed E-state index contributed by atoms with van der Waals surface area (Å²) >= 11 is 0. The van der Waals surface area contributed by atoms with Crippen LogP contribution < -0.4 is 29.6 Å². The number of esters is 2. The van der Waals surface area contributed by atoms with Crippen molar-refractivity contribution in [1.82, 2.24) is 0 Å². The third-order valence-corrected chi connectivity index (χ3v) is 6.98. The van der Waals surface area contributed by atoms with Gasteiger partial charge in [-0.15, -0.1) is 0 Å². The normalized spacial score (nSPS) is 13.5. The molecular formula is C24H46NaO9PS. The first kappa shape index (κ1) is 40.4. The smallest absolute Gasteiger partial charge is 0.747 e. The van der Waals surface area contributed by atoms with Crippen LogP contribution in [0.2, 0.25) is 0 Å². The molecule has 0 spiro atoms. The Balaban J connectivity index is -0.00000118. The van der Waals surface area contributed by atoms with E-state index in [1.165, 1.54) is 0 Å². The third kappa shape index (κ3) is 23.1. The summed E-state index contributed by atoms with van der Waals surface area (Å²) in [6, 6.07) is 0. The Bertz CT molecular complexity index is 662. The van der Waals surface area contributed by atoms with Crippen molar-refractivity contribution in [1.29, 1.82) is 0 Å².